The Morgan fingerprint density at radius 3 is 2.15 bits per heavy atom. The number of piperazine rings is 1. The van der Waals surface area contributed by atoms with Crippen molar-refractivity contribution in [3.8, 4) is 0 Å². The van der Waals surface area contributed by atoms with Crippen molar-refractivity contribution in [1.29, 1.82) is 0 Å². The third kappa shape index (κ3) is 4.34. The summed E-state index contributed by atoms with van der Waals surface area (Å²) in [5.41, 5.74) is 1.01. The van der Waals surface area contributed by atoms with Crippen molar-refractivity contribution >= 4 is 22.9 Å². The first-order chi connectivity index (χ1) is 12.8. The van der Waals surface area contributed by atoms with Crippen LogP contribution in [0.3, 0.4) is 0 Å². The summed E-state index contributed by atoms with van der Waals surface area (Å²) in [6, 6.07) is 14.5. The minimum Gasteiger partial charge on any atom is -0.310 e. The van der Waals surface area contributed by atoms with Gasteiger partial charge in [0.05, 0.1) is 6.54 Å². The van der Waals surface area contributed by atoms with Crippen LogP contribution in [0.5, 0.6) is 0 Å². The lowest BCUT2D eigenvalue weighted by Gasteiger charge is -2.34. The van der Waals surface area contributed by atoms with Crippen LogP contribution in [0.15, 0.2) is 42.5 Å². The first-order valence-corrected chi connectivity index (χ1v) is 10.5. The van der Waals surface area contributed by atoms with Crippen molar-refractivity contribution in [3.05, 3.63) is 52.2 Å². The summed E-state index contributed by atoms with van der Waals surface area (Å²) in [5, 5.41) is 0. The number of thiophene rings is 1. The Morgan fingerprint density at radius 1 is 0.769 bits per heavy atom. The molecule has 1 aromatic heterocycles. The average molecular weight is 370 g/mol. The lowest BCUT2D eigenvalue weighted by molar-refractivity contribution is -0.121. The predicted molar refractivity (Wildman–Crippen MR) is 108 cm³/mol. The SMILES string of the molecule is O=C1CN(Cc2ccc(CN3CCCCC3)s2)CCN1c1ccccc1. The zero-order valence-corrected chi connectivity index (χ0v) is 16.1. The molecule has 2 aliphatic heterocycles. The van der Waals surface area contributed by atoms with Crippen molar-refractivity contribution < 1.29 is 4.79 Å². The van der Waals surface area contributed by atoms with Gasteiger partial charge in [-0.1, -0.05) is 24.6 Å². The van der Waals surface area contributed by atoms with Crippen molar-refractivity contribution in [1.82, 2.24) is 9.80 Å². The van der Waals surface area contributed by atoms with Gasteiger partial charge in [-0.05, 0) is 50.2 Å². The first-order valence-electron chi connectivity index (χ1n) is 9.66. The van der Waals surface area contributed by atoms with E-state index < -0.39 is 0 Å². The van der Waals surface area contributed by atoms with Gasteiger partial charge in [0.2, 0.25) is 5.91 Å². The normalized spacial score (nSPS) is 19.8. The zero-order chi connectivity index (χ0) is 17.8. The van der Waals surface area contributed by atoms with Crippen molar-refractivity contribution in [2.75, 3.05) is 37.6 Å². The number of likely N-dealkylation sites (tertiary alicyclic amines) is 1. The van der Waals surface area contributed by atoms with Gasteiger partial charge in [0, 0.05) is 41.6 Å². The highest BCUT2D eigenvalue weighted by Crippen LogP contribution is 2.23. The van der Waals surface area contributed by atoms with Crippen LogP contribution in [0.1, 0.15) is 29.0 Å². The average Bonchev–Trinajstić information content (AvgIpc) is 3.10. The summed E-state index contributed by atoms with van der Waals surface area (Å²) in [4.78, 5) is 22.1. The Balaban J connectivity index is 1.31. The van der Waals surface area contributed by atoms with Gasteiger partial charge in [0.15, 0.2) is 0 Å². The van der Waals surface area contributed by atoms with Crippen LogP contribution in [0, 0.1) is 0 Å². The van der Waals surface area contributed by atoms with E-state index in [0.29, 0.717) is 6.54 Å². The number of benzene rings is 1. The van der Waals surface area contributed by atoms with Gasteiger partial charge in [-0.15, -0.1) is 11.3 Å². The van der Waals surface area contributed by atoms with E-state index in [-0.39, 0.29) is 5.91 Å². The molecule has 0 atom stereocenters. The molecule has 2 fully saturated rings. The minimum atomic E-state index is 0.201. The Bertz CT molecular complexity index is 724. The van der Waals surface area contributed by atoms with E-state index >= 15 is 0 Å². The molecule has 4 nitrogen and oxygen atoms in total. The summed E-state index contributed by atoms with van der Waals surface area (Å²) in [6.45, 7) is 6.67. The molecule has 4 rings (SSSR count). The number of piperidine rings is 1. The fourth-order valence-electron chi connectivity index (χ4n) is 3.89. The number of nitrogens with zero attached hydrogens (tertiary/aromatic N) is 3. The van der Waals surface area contributed by atoms with Gasteiger partial charge >= 0.3 is 0 Å². The summed E-state index contributed by atoms with van der Waals surface area (Å²) in [6.07, 6.45) is 4.06. The Hall–Kier alpha value is -1.69. The van der Waals surface area contributed by atoms with Gasteiger partial charge < -0.3 is 4.90 Å². The van der Waals surface area contributed by atoms with E-state index in [1.807, 2.05) is 46.6 Å². The fourth-order valence-corrected chi connectivity index (χ4v) is 4.99. The maximum absolute atomic E-state index is 12.5. The number of carbonyl (C=O) groups excluding carboxylic acids is 1. The molecule has 0 saturated carbocycles. The van der Waals surface area contributed by atoms with Crippen LogP contribution < -0.4 is 4.90 Å². The maximum atomic E-state index is 12.5. The van der Waals surface area contributed by atoms with E-state index in [1.165, 1.54) is 42.1 Å². The van der Waals surface area contributed by atoms with E-state index in [0.717, 1.165) is 31.9 Å². The van der Waals surface area contributed by atoms with Crippen molar-refractivity contribution in [3.63, 3.8) is 0 Å². The number of hydrogen-bond acceptors (Lipinski definition) is 4. The molecule has 2 saturated heterocycles. The number of carbonyl (C=O) groups is 1. The predicted octanol–water partition coefficient (Wildman–Crippen LogP) is 3.58. The van der Waals surface area contributed by atoms with E-state index in [9.17, 15) is 4.79 Å². The van der Waals surface area contributed by atoms with Gasteiger partial charge in [-0.25, -0.2) is 0 Å². The third-order valence-electron chi connectivity index (χ3n) is 5.29. The highest BCUT2D eigenvalue weighted by molar-refractivity contribution is 7.11. The largest absolute Gasteiger partial charge is 0.310 e. The number of rotatable bonds is 5. The topological polar surface area (TPSA) is 26.8 Å². The van der Waals surface area contributed by atoms with Crippen molar-refractivity contribution in [2.45, 2.75) is 32.4 Å². The molecule has 1 aromatic carbocycles. The van der Waals surface area contributed by atoms with Crippen LogP contribution in [0.25, 0.3) is 0 Å². The molecular weight excluding hydrogens is 342 g/mol. The molecule has 0 bridgehead atoms. The van der Waals surface area contributed by atoms with E-state index in [1.54, 1.807) is 0 Å². The molecule has 138 valence electrons. The molecule has 0 unspecified atom stereocenters. The number of amides is 1. The van der Waals surface area contributed by atoms with Crippen molar-refractivity contribution in [2.24, 2.45) is 0 Å². The second kappa shape index (κ2) is 8.33. The molecule has 0 spiro atoms. The van der Waals surface area contributed by atoms with Gasteiger partial charge in [0.25, 0.3) is 0 Å². The number of para-hydroxylation sites is 1. The van der Waals surface area contributed by atoms with Crippen LogP contribution >= 0.6 is 11.3 Å². The fraction of sp³-hybridized carbons (Fsp3) is 0.476. The Kier molecular flexibility index (Phi) is 5.68. The lowest BCUT2D eigenvalue weighted by Crippen LogP contribution is -2.50. The molecule has 5 heteroatoms. The summed E-state index contributed by atoms with van der Waals surface area (Å²) in [5.74, 6) is 0.201. The standard InChI is InChI=1S/C21H27N3OS/c25-21-17-23(13-14-24(21)18-7-3-1-4-8-18)16-20-10-9-19(26-20)15-22-11-5-2-6-12-22/h1,3-4,7-10H,2,5-6,11-17H2. The molecule has 26 heavy (non-hydrogen) atoms. The molecule has 1 amide bonds. The molecule has 2 aliphatic rings. The first kappa shape index (κ1) is 17.7. The molecule has 0 aliphatic carbocycles. The lowest BCUT2D eigenvalue weighted by atomic mass is 10.1. The third-order valence-corrected chi connectivity index (χ3v) is 6.35. The Labute approximate surface area is 160 Å². The number of hydrogen-bond donors (Lipinski definition) is 0. The van der Waals surface area contributed by atoms with Gasteiger partial charge in [-0.2, -0.15) is 0 Å². The molecule has 3 heterocycles. The second-order valence-corrected chi connectivity index (χ2v) is 8.55. The van der Waals surface area contributed by atoms with Crippen LogP contribution in [-0.2, 0) is 17.9 Å². The summed E-state index contributed by atoms with van der Waals surface area (Å²) in [7, 11) is 0. The summed E-state index contributed by atoms with van der Waals surface area (Å²) < 4.78 is 0. The molecular formula is C21H27N3OS. The van der Waals surface area contributed by atoms with Gasteiger partial charge in [-0.3, -0.25) is 14.6 Å². The van der Waals surface area contributed by atoms with E-state index in [4.69, 9.17) is 0 Å². The van der Waals surface area contributed by atoms with E-state index in [2.05, 4.69) is 21.9 Å². The van der Waals surface area contributed by atoms with Gasteiger partial charge in [0.1, 0.15) is 0 Å². The minimum absolute atomic E-state index is 0.201. The highest BCUT2D eigenvalue weighted by Gasteiger charge is 2.25. The molecule has 0 radical (unpaired) electrons. The molecule has 0 N–H and O–H groups in total. The quantitative estimate of drug-likeness (QED) is 0.806. The highest BCUT2D eigenvalue weighted by atomic mass is 32.1. The maximum Gasteiger partial charge on any atom is 0.241 e. The zero-order valence-electron chi connectivity index (χ0n) is 15.3. The molecule has 2 aromatic rings. The summed E-state index contributed by atoms with van der Waals surface area (Å²) >= 11 is 1.91. The monoisotopic (exact) mass is 369 g/mol. The second-order valence-electron chi connectivity index (χ2n) is 7.30. The Morgan fingerprint density at radius 2 is 1.46 bits per heavy atom. The van der Waals surface area contributed by atoms with Crippen LogP contribution in [-0.4, -0.2) is 48.4 Å². The van der Waals surface area contributed by atoms with Crippen LogP contribution in [0.4, 0.5) is 5.69 Å². The number of anilines is 1. The smallest absolute Gasteiger partial charge is 0.241 e. The van der Waals surface area contributed by atoms with Crippen LogP contribution in [0.2, 0.25) is 0 Å².